The minimum atomic E-state index is -1.02. The quantitative estimate of drug-likeness (QED) is 0.297. The minimum Gasteiger partial charge on any atom is -0.347 e. The van der Waals surface area contributed by atoms with Crippen molar-refractivity contribution in [3.8, 4) is 0 Å². The van der Waals surface area contributed by atoms with E-state index in [2.05, 4.69) is 26.6 Å². The molecule has 2 aliphatic heterocycles. The molecule has 0 aromatic heterocycles. The van der Waals surface area contributed by atoms with Gasteiger partial charge in [-0.3, -0.25) is 28.8 Å². The first-order valence-electron chi connectivity index (χ1n) is 16.7. The fraction of sp³-hybridized carbons (Fsp3) is 0.500. The Morgan fingerprint density at radius 2 is 1.63 bits per heavy atom. The van der Waals surface area contributed by atoms with E-state index in [9.17, 15) is 28.8 Å². The van der Waals surface area contributed by atoms with Gasteiger partial charge < -0.3 is 31.5 Å². The van der Waals surface area contributed by atoms with E-state index in [4.69, 9.17) is 0 Å². The SMILES string of the molecule is CSCC[C@@H]1NC(=O)C[C@@H](c2ccccc2)NC(=O)[C@H](C)NC(=O)[C@@H]2C[C@H](NC(=O)c3ccc(C)c(C)c3)CN2C(=O)[C@H](C(C)C)NC1=O. The number of rotatable bonds is 7. The lowest BCUT2D eigenvalue weighted by Crippen LogP contribution is -2.59. The number of hydrogen-bond acceptors (Lipinski definition) is 7. The predicted molar refractivity (Wildman–Crippen MR) is 189 cm³/mol. The van der Waals surface area contributed by atoms with Gasteiger partial charge in [0, 0.05) is 18.2 Å². The summed E-state index contributed by atoms with van der Waals surface area (Å²) in [7, 11) is 0. The molecule has 2 saturated heterocycles. The highest BCUT2D eigenvalue weighted by atomic mass is 32.2. The first-order valence-corrected chi connectivity index (χ1v) is 18.1. The Labute approximate surface area is 292 Å². The number of amides is 6. The molecular formula is C36H48N6O6S. The predicted octanol–water partition coefficient (Wildman–Crippen LogP) is 2.15. The molecule has 2 heterocycles. The van der Waals surface area contributed by atoms with Crippen molar-refractivity contribution in [3.05, 3.63) is 70.8 Å². The number of hydrogen-bond donors (Lipinski definition) is 5. The Balaban J connectivity index is 1.67. The van der Waals surface area contributed by atoms with E-state index in [0.29, 0.717) is 23.3 Å². The van der Waals surface area contributed by atoms with Crippen LogP contribution in [0.4, 0.5) is 0 Å². The molecule has 6 atom stereocenters. The number of thioether (sulfide) groups is 1. The van der Waals surface area contributed by atoms with Gasteiger partial charge in [0.2, 0.25) is 29.5 Å². The van der Waals surface area contributed by atoms with E-state index < -0.39 is 65.8 Å². The Kier molecular flexibility index (Phi) is 12.8. The fourth-order valence-corrected chi connectivity index (χ4v) is 6.55. The number of benzene rings is 2. The molecule has 2 fully saturated rings. The van der Waals surface area contributed by atoms with Crippen molar-refractivity contribution in [1.29, 1.82) is 0 Å². The maximum Gasteiger partial charge on any atom is 0.251 e. The van der Waals surface area contributed by atoms with Gasteiger partial charge in [-0.25, -0.2) is 0 Å². The molecule has 0 radical (unpaired) electrons. The first-order chi connectivity index (χ1) is 23.3. The van der Waals surface area contributed by atoms with Crippen LogP contribution >= 0.6 is 11.8 Å². The molecule has 2 aromatic carbocycles. The number of fused-ring (bicyclic) bond motifs is 1. The molecule has 12 nitrogen and oxygen atoms in total. The van der Waals surface area contributed by atoms with Crippen molar-refractivity contribution in [1.82, 2.24) is 31.5 Å². The summed E-state index contributed by atoms with van der Waals surface area (Å²) >= 11 is 1.52. The van der Waals surface area contributed by atoms with E-state index in [1.165, 1.54) is 23.6 Å². The smallest absolute Gasteiger partial charge is 0.251 e. The van der Waals surface area contributed by atoms with E-state index in [0.717, 1.165) is 11.1 Å². The van der Waals surface area contributed by atoms with Crippen molar-refractivity contribution in [2.75, 3.05) is 18.6 Å². The summed E-state index contributed by atoms with van der Waals surface area (Å²) in [6, 6.07) is 9.10. The van der Waals surface area contributed by atoms with Gasteiger partial charge >= 0.3 is 0 Å². The maximum atomic E-state index is 14.2. The van der Waals surface area contributed by atoms with Crippen LogP contribution in [0.5, 0.6) is 0 Å². The van der Waals surface area contributed by atoms with Crippen molar-refractivity contribution in [2.24, 2.45) is 5.92 Å². The summed E-state index contributed by atoms with van der Waals surface area (Å²) in [4.78, 5) is 83.3. The number of aryl methyl sites for hydroxylation is 2. The van der Waals surface area contributed by atoms with Gasteiger partial charge in [-0.05, 0) is 80.4 Å². The van der Waals surface area contributed by atoms with Crippen LogP contribution in [-0.4, -0.2) is 89.1 Å². The number of carbonyl (C=O) groups excluding carboxylic acids is 6. The molecule has 264 valence electrons. The van der Waals surface area contributed by atoms with Crippen LogP contribution in [-0.2, 0) is 24.0 Å². The number of nitrogens with zero attached hydrogens (tertiary/aromatic N) is 1. The summed E-state index contributed by atoms with van der Waals surface area (Å²) in [6.45, 7) is 9.01. The maximum absolute atomic E-state index is 14.2. The fourth-order valence-electron chi connectivity index (χ4n) is 6.08. The summed E-state index contributed by atoms with van der Waals surface area (Å²) in [6.07, 6.45) is 2.18. The molecule has 2 aromatic rings. The van der Waals surface area contributed by atoms with Gasteiger partial charge in [-0.15, -0.1) is 0 Å². The van der Waals surface area contributed by atoms with Gasteiger partial charge in [0.05, 0.1) is 12.5 Å². The van der Waals surface area contributed by atoms with Crippen LogP contribution in [0.25, 0.3) is 0 Å². The molecule has 0 spiro atoms. The molecule has 2 aliphatic rings. The topological polar surface area (TPSA) is 166 Å². The van der Waals surface area contributed by atoms with Gasteiger partial charge in [-0.2, -0.15) is 11.8 Å². The second kappa shape index (κ2) is 16.8. The standard InChI is InChI=1S/C36H48N6O6S/c1-20(2)31-36(48)42-19-26(38-33(45)25-13-12-21(3)22(4)16-25)17-29(42)35(47)37-23(5)32(44)40-28(24-10-8-7-9-11-24)18-30(43)39-27(14-15-49-6)34(46)41-31/h7-13,16,20,23,26-29,31H,14-15,17-19H2,1-6H3,(H,37,47)(H,38,45)(H,39,43)(H,40,44)(H,41,46)/t23-,26-,27-,28-,29-,31-/m0/s1. The normalized spacial score (nSPS) is 25.6. The van der Waals surface area contributed by atoms with E-state index >= 15 is 0 Å². The monoisotopic (exact) mass is 692 g/mol. The van der Waals surface area contributed by atoms with E-state index in [1.54, 1.807) is 50.2 Å². The molecule has 6 amide bonds. The second-order valence-electron chi connectivity index (χ2n) is 13.2. The molecule has 0 saturated carbocycles. The highest BCUT2D eigenvalue weighted by molar-refractivity contribution is 7.98. The zero-order chi connectivity index (χ0) is 35.8. The molecule has 13 heteroatoms. The molecule has 0 unspecified atom stereocenters. The molecular weight excluding hydrogens is 644 g/mol. The largest absolute Gasteiger partial charge is 0.347 e. The summed E-state index contributed by atoms with van der Waals surface area (Å²) < 4.78 is 0. The van der Waals surface area contributed by atoms with Crippen LogP contribution in [0.2, 0.25) is 0 Å². The van der Waals surface area contributed by atoms with Gasteiger partial charge in [0.1, 0.15) is 24.2 Å². The third kappa shape index (κ3) is 9.62. The van der Waals surface area contributed by atoms with E-state index in [1.807, 2.05) is 32.2 Å². The zero-order valence-corrected chi connectivity index (χ0v) is 29.8. The van der Waals surface area contributed by atoms with Gasteiger partial charge in [0.15, 0.2) is 0 Å². The molecule has 0 bridgehead atoms. The van der Waals surface area contributed by atoms with Crippen LogP contribution in [0, 0.1) is 19.8 Å². The minimum absolute atomic E-state index is 0.0237. The van der Waals surface area contributed by atoms with Crippen molar-refractivity contribution in [3.63, 3.8) is 0 Å². The third-order valence-electron chi connectivity index (χ3n) is 9.14. The van der Waals surface area contributed by atoms with E-state index in [-0.39, 0.29) is 31.2 Å². The number of carbonyl (C=O) groups is 6. The van der Waals surface area contributed by atoms with Crippen LogP contribution in [0.1, 0.15) is 73.1 Å². The Morgan fingerprint density at radius 1 is 0.918 bits per heavy atom. The highest BCUT2D eigenvalue weighted by Crippen LogP contribution is 2.23. The highest BCUT2D eigenvalue weighted by Gasteiger charge is 2.44. The molecule has 49 heavy (non-hydrogen) atoms. The van der Waals surface area contributed by atoms with Crippen molar-refractivity contribution < 1.29 is 28.8 Å². The summed E-state index contributed by atoms with van der Waals surface area (Å²) in [5, 5.41) is 14.3. The lowest BCUT2D eigenvalue weighted by molar-refractivity contribution is -0.143. The average molecular weight is 693 g/mol. The van der Waals surface area contributed by atoms with Gasteiger partial charge in [-0.1, -0.05) is 50.2 Å². The zero-order valence-electron chi connectivity index (χ0n) is 29.0. The van der Waals surface area contributed by atoms with Crippen LogP contribution in [0.3, 0.4) is 0 Å². The molecule has 4 rings (SSSR count). The lowest BCUT2D eigenvalue weighted by Gasteiger charge is -2.32. The molecule has 5 N–H and O–H groups in total. The average Bonchev–Trinajstić information content (AvgIpc) is 3.49. The third-order valence-corrected chi connectivity index (χ3v) is 9.79. The second-order valence-corrected chi connectivity index (χ2v) is 14.2. The Hall–Kier alpha value is -4.39. The van der Waals surface area contributed by atoms with Gasteiger partial charge in [0.25, 0.3) is 5.91 Å². The lowest BCUT2D eigenvalue weighted by atomic mass is 10.0. The summed E-state index contributed by atoms with van der Waals surface area (Å²) in [5.41, 5.74) is 3.15. The Bertz CT molecular complexity index is 1550. The van der Waals surface area contributed by atoms with Crippen LogP contribution in [0.15, 0.2) is 48.5 Å². The van der Waals surface area contributed by atoms with Crippen molar-refractivity contribution >= 4 is 47.2 Å². The first kappa shape index (κ1) is 37.4. The van der Waals surface area contributed by atoms with Crippen molar-refractivity contribution in [2.45, 2.75) is 90.1 Å². The molecule has 0 aliphatic carbocycles. The Morgan fingerprint density at radius 3 is 2.29 bits per heavy atom. The summed E-state index contributed by atoms with van der Waals surface area (Å²) in [5.74, 6) is -2.67. The number of nitrogens with one attached hydrogen (secondary N) is 5. The van der Waals surface area contributed by atoms with Crippen LogP contribution < -0.4 is 26.6 Å².